The molecule has 1 heterocycles. The summed E-state index contributed by atoms with van der Waals surface area (Å²) < 4.78 is 62.7. The summed E-state index contributed by atoms with van der Waals surface area (Å²) in [5.74, 6) is -0.313. The summed E-state index contributed by atoms with van der Waals surface area (Å²) in [6, 6.07) is 7.59. The average Bonchev–Trinajstić information content (AvgIpc) is 2.56. The average molecular weight is 419 g/mol. The van der Waals surface area contributed by atoms with Gasteiger partial charge in [-0.1, -0.05) is 6.07 Å². The van der Waals surface area contributed by atoms with E-state index >= 15 is 0 Å². The first-order valence-corrected chi connectivity index (χ1v) is 9.78. The second-order valence-electron chi connectivity index (χ2n) is 5.55. The zero-order valence-corrected chi connectivity index (χ0v) is 16.0. The van der Waals surface area contributed by atoms with Crippen LogP contribution in [0.25, 0.3) is 0 Å². The fourth-order valence-electron chi connectivity index (χ4n) is 2.00. The Morgan fingerprint density at radius 3 is 2.33 bits per heavy atom. The predicted octanol–water partition coefficient (Wildman–Crippen LogP) is 3.26. The number of pyridine rings is 1. The molecule has 2 aromatic rings. The number of hydrogen-bond acceptors (Lipinski definition) is 5. The maximum atomic E-state index is 12.5. The molecule has 0 aliphatic carbocycles. The van der Waals surface area contributed by atoms with E-state index in [-0.39, 0.29) is 27.4 Å². The van der Waals surface area contributed by atoms with Crippen LogP contribution < -0.4 is 5.32 Å². The van der Waals surface area contributed by atoms with E-state index in [9.17, 15) is 26.4 Å². The van der Waals surface area contributed by atoms with E-state index in [0.29, 0.717) is 0 Å². The van der Waals surface area contributed by atoms with Crippen LogP contribution in [-0.4, -0.2) is 42.7 Å². The first-order valence-electron chi connectivity index (χ1n) is 7.52. The monoisotopic (exact) mass is 419 g/mol. The number of anilines is 1. The van der Waals surface area contributed by atoms with Gasteiger partial charge in [-0.25, -0.2) is 13.4 Å². The van der Waals surface area contributed by atoms with E-state index < -0.39 is 28.0 Å². The first kappa shape index (κ1) is 21.2. The quantitative estimate of drug-likeness (QED) is 0.727. The van der Waals surface area contributed by atoms with Crippen molar-refractivity contribution < 1.29 is 26.4 Å². The molecule has 27 heavy (non-hydrogen) atoms. The minimum atomic E-state index is -4.46. The number of halogens is 3. The van der Waals surface area contributed by atoms with E-state index in [1.165, 1.54) is 7.05 Å². The van der Waals surface area contributed by atoms with Crippen LogP contribution in [0.1, 0.15) is 5.56 Å². The number of sulfonamides is 1. The van der Waals surface area contributed by atoms with E-state index in [4.69, 9.17) is 0 Å². The van der Waals surface area contributed by atoms with Gasteiger partial charge < -0.3 is 5.32 Å². The lowest BCUT2D eigenvalue weighted by Crippen LogP contribution is -2.35. The molecular weight excluding hydrogens is 403 g/mol. The van der Waals surface area contributed by atoms with E-state index in [2.05, 4.69) is 10.3 Å². The summed E-state index contributed by atoms with van der Waals surface area (Å²) in [6.45, 7) is 1.36. The molecule has 1 amide bonds. The third-order valence-electron chi connectivity index (χ3n) is 3.31. The van der Waals surface area contributed by atoms with Crippen molar-refractivity contribution in [2.24, 2.45) is 0 Å². The molecule has 0 aliphatic rings. The summed E-state index contributed by atoms with van der Waals surface area (Å²) in [6.07, 6.45) is 1.55. The molecule has 0 radical (unpaired) electrons. The lowest BCUT2D eigenvalue weighted by Gasteiger charge is -2.17. The molecule has 0 unspecified atom stereocenters. The van der Waals surface area contributed by atoms with Gasteiger partial charge in [-0.3, -0.25) is 4.79 Å². The van der Waals surface area contributed by atoms with Crippen LogP contribution in [0.4, 0.5) is 19.0 Å². The fraction of sp³-hybridized carbons (Fsp3) is 0.250. The van der Waals surface area contributed by atoms with Crippen LogP contribution in [0, 0.1) is 6.92 Å². The number of hydrogen-bond donors (Lipinski definition) is 1. The Labute approximate surface area is 158 Å². The van der Waals surface area contributed by atoms with Crippen LogP contribution >= 0.6 is 11.8 Å². The van der Waals surface area contributed by atoms with Gasteiger partial charge in [0.2, 0.25) is 15.9 Å². The van der Waals surface area contributed by atoms with Crippen molar-refractivity contribution in [2.75, 3.05) is 18.9 Å². The molecule has 1 aromatic carbocycles. The Balaban J connectivity index is 2.04. The number of carbonyl (C=O) groups is 1. The van der Waals surface area contributed by atoms with Crippen molar-refractivity contribution in [1.29, 1.82) is 0 Å². The Morgan fingerprint density at radius 2 is 1.81 bits per heavy atom. The largest absolute Gasteiger partial charge is 0.446 e. The lowest BCUT2D eigenvalue weighted by atomic mass is 10.3. The third-order valence-corrected chi connectivity index (χ3v) is 5.87. The molecule has 0 saturated heterocycles. The van der Waals surface area contributed by atoms with Crippen LogP contribution in [0.3, 0.4) is 0 Å². The van der Waals surface area contributed by atoms with Crippen molar-refractivity contribution >= 4 is 33.5 Å². The second-order valence-corrected chi connectivity index (χ2v) is 8.73. The van der Waals surface area contributed by atoms with Gasteiger partial charge in [-0.05, 0) is 54.6 Å². The molecule has 0 fully saturated rings. The van der Waals surface area contributed by atoms with Crippen molar-refractivity contribution in [3.63, 3.8) is 0 Å². The molecule has 6 nitrogen and oxygen atoms in total. The number of aryl methyl sites for hydroxylation is 1. The number of rotatable bonds is 6. The smallest absolute Gasteiger partial charge is 0.310 e. The van der Waals surface area contributed by atoms with Crippen LogP contribution in [-0.2, 0) is 14.8 Å². The van der Waals surface area contributed by atoms with Gasteiger partial charge in [0.15, 0.2) is 0 Å². The number of alkyl halides is 3. The Kier molecular flexibility index (Phi) is 6.50. The number of nitrogens with zero attached hydrogens (tertiary/aromatic N) is 2. The highest BCUT2D eigenvalue weighted by Gasteiger charge is 2.29. The summed E-state index contributed by atoms with van der Waals surface area (Å²) in [5, 5.41) is 2.47. The van der Waals surface area contributed by atoms with Gasteiger partial charge in [0, 0.05) is 18.1 Å². The first-order chi connectivity index (χ1) is 12.5. The lowest BCUT2D eigenvalue weighted by molar-refractivity contribution is -0.116. The molecule has 1 N–H and O–H groups in total. The Bertz CT molecular complexity index is 899. The molecule has 2 rings (SSSR count). The molecule has 146 valence electrons. The maximum Gasteiger partial charge on any atom is 0.446 e. The SMILES string of the molecule is Cc1ccc(NC(=O)CN(C)S(=O)(=O)c2ccc(SC(F)(F)F)cc2)nc1. The van der Waals surface area contributed by atoms with Crippen molar-refractivity contribution in [3.8, 4) is 0 Å². The van der Waals surface area contributed by atoms with Crippen molar-refractivity contribution in [1.82, 2.24) is 9.29 Å². The highest BCUT2D eigenvalue weighted by atomic mass is 32.2. The van der Waals surface area contributed by atoms with Crippen LogP contribution in [0.5, 0.6) is 0 Å². The van der Waals surface area contributed by atoms with Gasteiger partial charge in [0.05, 0.1) is 11.4 Å². The third kappa shape index (κ3) is 6.22. The number of amides is 1. The highest BCUT2D eigenvalue weighted by molar-refractivity contribution is 8.00. The summed E-state index contributed by atoms with van der Waals surface area (Å²) in [7, 11) is -2.83. The number of nitrogens with one attached hydrogen (secondary N) is 1. The Hall–Kier alpha value is -2.11. The Morgan fingerprint density at radius 1 is 1.19 bits per heavy atom. The second kappa shape index (κ2) is 8.28. The topological polar surface area (TPSA) is 79.4 Å². The van der Waals surface area contributed by atoms with Gasteiger partial charge in [0.1, 0.15) is 5.82 Å². The molecule has 0 atom stereocenters. The van der Waals surface area contributed by atoms with E-state index in [1.807, 2.05) is 6.92 Å². The molecule has 0 spiro atoms. The number of thioether (sulfide) groups is 1. The molecular formula is C16H16F3N3O3S2. The number of benzene rings is 1. The van der Waals surface area contributed by atoms with Crippen molar-refractivity contribution in [3.05, 3.63) is 48.2 Å². The van der Waals surface area contributed by atoms with Crippen molar-refractivity contribution in [2.45, 2.75) is 22.2 Å². The molecule has 1 aromatic heterocycles. The minimum absolute atomic E-state index is 0.132. The molecule has 0 aliphatic heterocycles. The molecule has 0 bridgehead atoms. The number of likely N-dealkylation sites (N-methyl/N-ethyl adjacent to an activating group) is 1. The highest BCUT2D eigenvalue weighted by Crippen LogP contribution is 2.37. The summed E-state index contributed by atoms with van der Waals surface area (Å²) in [5.41, 5.74) is -3.56. The predicted molar refractivity (Wildman–Crippen MR) is 95.8 cm³/mol. The minimum Gasteiger partial charge on any atom is -0.310 e. The molecule has 0 saturated carbocycles. The number of aromatic nitrogens is 1. The van der Waals surface area contributed by atoms with Gasteiger partial charge >= 0.3 is 5.51 Å². The summed E-state index contributed by atoms with van der Waals surface area (Å²) in [4.78, 5) is 15.7. The van der Waals surface area contributed by atoms with E-state index in [1.54, 1.807) is 18.3 Å². The zero-order chi connectivity index (χ0) is 20.2. The number of carbonyl (C=O) groups excluding carboxylic acids is 1. The zero-order valence-electron chi connectivity index (χ0n) is 14.3. The van der Waals surface area contributed by atoms with Gasteiger partial charge in [-0.15, -0.1) is 0 Å². The molecule has 11 heteroatoms. The van der Waals surface area contributed by atoms with Gasteiger partial charge in [0.25, 0.3) is 0 Å². The summed E-state index contributed by atoms with van der Waals surface area (Å²) >= 11 is -0.338. The normalized spacial score (nSPS) is 12.2. The van der Waals surface area contributed by atoms with Gasteiger partial charge in [-0.2, -0.15) is 17.5 Å². The van der Waals surface area contributed by atoms with Crippen LogP contribution in [0.2, 0.25) is 0 Å². The fourth-order valence-corrected chi connectivity index (χ4v) is 3.67. The standard InChI is InChI=1S/C16H16F3N3O3S2/c1-11-3-8-14(20-9-11)21-15(23)10-22(2)27(24,25)13-6-4-12(5-7-13)26-16(17,18)19/h3-9H,10H2,1-2H3,(H,20,21,23). The van der Waals surface area contributed by atoms with Crippen LogP contribution in [0.15, 0.2) is 52.4 Å². The maximum absolute atomic E-state index is 12.5. The van der Waals surface area contributed by atoms with E-state index in [0.717, 1.165) is 34.1 Å².